The van der Waals surface area contributed by atoms with Gasteiger partial charge in [-0.1, -0.05) is 57.2 Å². The number of hydrogen-bond donors (Lipinski definition) is 3. The van der Waals surface area contributed by atoms with Crippen molar-refractivity contribution < 1.29 is 14.7 Å². The van der Waals surface area contributed by atoms with E-state index in [0.717, 1.165) is 16.3 Å². The van der Waals surface area contributed by atoms with Gasteiger partial charge < -0.3 is 15.7 Å². The first-order valence-corrected chi connectivity index (χ1v) is 8.45. The zero-order valence-corrected chi connectivity index (χ0v) is 15.0. The fraction of sp³-hybridized carbons (Fsp3) is 0.400. The lowest BCUT2D eigenvalue weighted by Gasteiger charge is -2.17. The van der Waals surface area contributed by atoms with Gasteiger partial charge in [0, 0.05) is 13.0 Å². The quantitative estimate of drug-likeness (QED) is 0.755. The minimum atomic E-state index is -0.793. The van der Waals surface area contributed by atoms with E-state index in [1.54, 1.807) is 0 Å². The van der Waals surface area contributed by atoms with E-state index in [0.29, 0.717) is 6.42 Å². The van der Waals surface area contributed by atoms with Crippen molar-refractivity contribution in [2.24, 2.45) is 5.41 Å². The first-order chi connectivity index (χ1) is 11.7. The maximum Gasteiger partial charge on any atom is 0.239 e. The number of benzene rings is 2. The molecule has 3 N–H and O–H groups in total. The number of aliphatic hydroxyl groups excluding tert-OH is 1. The zero-order valence-electron chi connectivity index (χ0n) is 15.0. The van der Waals surface area contributed by atoms with E-state index >= 15 is 0 Å². The molecule has 134 valence electrons. The van der Waals surface area contributed by atoms with Gasteiger partial charge in [-0.3, -0.25) is 9.59 Å². The molecule has 0 spiro atoms. The molecule has 5 nitrogen and oxygen atoms in total. The van der Waals surface area contributed by atoms with Crippen molar-refractivity contribution in [3.05, 3.63) is 48.0 Å². The van der Waals surface area contributed by atoms with Crippen LogP contribution in [-0.4, -0.2) is 30.0 Å². The molecular weight excluding hydrogens is 316 g/mol. The monoisotopic (exact) mass is 342 g/mol. The standard InChI is InChI=1S/C20H26N2O3/c1-20(2,3)11-18(24)22-13-19(25)21-12-17(23)16-9-8-14-6-4-5-7-15(14)10-16/h4-10,17,23H,11-13H2,1-3H3,(H,21,25)(H,22,24)/t17-/m1/s1. The van der Waals surface area contributed by atoms with Gasteiger partial charge in [-0.05, 0) is 27.8 Å². The van der Waals surface area contributed by atoms with Gasteiger partial charge in [0.05, 0.1) is 12.6 Å². The third kappa shape index (κ3) is 6.19. The van der Waals surface area contributed by atoms with Crippen LogP contribution in [0, 0.1) is 5.41 Å². The Hall–Kier alpha value is -2.40. The SMILES string of the molecule is CC(C)(C)CC(=O)NCC(=O)NC[C@@H](O)c1ccc2ccccc2c1. The second kappa shape index (κ2) is 8.12. The van der Waals surface area contributed by atoms with E-state index in [1.165, 1.54) is 0 Å². The number of amides is 2. The van der Waals surface area contributed by atoms with Crippen LogP contribution in [0.4, 0.5) is 0 Å². The van der Waals surface area contributed by atoms with Crippen molar-refractivity contribution in [1.29, 1.82) is 0 Å². The van der Waals surface area contributed by atoms with Gasteiger partial charge in [0.1, 0.15) is 0 Å². The minimum Gasteiger partial charge on any atom is -0.387 e. The van der Waals surface area contributed by atoms with Crippen LogP contribution in [0.15, 0.2) is 42.5 Å². The largest absolute Gasteiger partial charge is 0.387 e. The number of hydrogen-bond acceptors (Lipinski definition) is 3. The Kier molecular flexibility index (Phi) is 6.15. The van der Waals surface area contributed by atoms with Gasteiger partial charge in [0.15, 0.2) is 0 Å². The molecular formula is C20H26N2O3. The number of rotatable bonds is 6. The first-order valence-electron chi connectivity index (χ1n) is 8.45. The van der Waals surface area contributed by atoms with Gasteiger partial charge in [-0.15, -0.1) is 0 Å². The Morgan fingerprint density at radius 1 is 1.00 bits per heavy atom. The average Bonchev–Trinajstić information content (AvgIpc) is 2.56. The fourth-order valence-corrected chi connectivity index (χ4v) is 2.53. The van der Waals surface area contributed by atoms with E-state index in [9.17, 15) is 14.7 Å². The van der Waals surface area contributed by atoms with Gasteiger partial charge in [0.2, 0.25) is 11.8 Å². The molecule has 0 aromatic heterocycles. The summed E-state index contributed by atoms with van der Waals surface area (Å²) in [5, 5.41) is 17.6. The molecule has 2 aromatic carbocycles. The summed E-state index contributed by atoms with van der Waals surface area (Å²) >= 11 is 0. The summed E-state index contributed by atoms with van der Waals surface area (Å²) in [6.07, 6.45) is -0.432. The van der Waals surface area contributed by atoms with Gasteiger partial charge in [-0.2, -0.15) is 0 Å². The lowest BCUT2D eigenvalue weighted by molar-refractivity contribution is -0.127. The second-order valence-electron chi connectivity index (χ2n) is 7.44. The highest BCUT2D eigenvalue weighted by Gasteiger charge is 2.16. The number of carbonyl (C=O) groups excluding carboxylic acids is 2. The fourth-order valence-electron chi connectivity index (χ4n) is 2.53. The van der Waals surface area contributed by atoms with Gasteiger partial charge >= 0.3 is 0 Å². The highest BCUT2D eigenvalue weighted by Crippen LogP contribution is 2.20. The first kappa shape index (κ1) is 18.9. The van der Waals surface area contributed by atoms with E-state index in [-0.39, 0.29) is 30.3 Å². The van der Waals surface area contributed by atoms with E-state index in [1.807, 2.05) is 63.2 Å². The molecule has 1 atom stereocenters. The summed E-state index contributed by atoms with van der Waals surface area (Å²) in [6, 6.07) is 13.6. The Bertz CT molecular complexity index is 750. The Morgan fingerprint density at radius 3 is 2.36 bits per heavy atom. The summed E-state index contributed by atoms with van der Waals surface area (Å²) < 4.78 is 0. The van der Waals surface area contributed by atoms with Gasteiger partial charge in [0.25, 0.3) is 0 Å². The molecule has 25 heavy (non-hydrogen) atoms. The van der Waals surface area contributed by atoms with Crippen LogP contribution in [0.2, 0.25) is 0 Å². The topological polar surface area (TPSA) is 78.4 Å². The van der Waals surface area contributed by atoms with Crippen molar-refractivity contribution in [1.82, 2.24) is 10.6 Å². The van der Waals surface area contributed by atoms with E-state index in [4.69, 9.17) is 0 Å². The average molecular weight is 342 g/mol. The molecule has 0 aliphatic rings. The highest BCUT2D eigenvalue weighted by atomic mass is 16.3. The normalized spacial score (nSPS) is 12.6. The van der Waals surface area contributed by atoms with Crippen molar-refractivity contribution in [3.63, 3.8) is 0 Å². The molecule has 0 aliphatic carbocycles. The number of fused-ring (bicyclic) bond motifs is 1. The van der Waals surface area contributed by atoms with Crippen molar-refractivity contribution in [2.45, 2.75) is 33.3 Å². The molecule has 2 amide bonds. The van der Waals surface area contributed by atoms with Crippen LogP contribution in [0.5, 0.6) is 0 Å². The van der Waals surface area contributed by atoms with Crippen LogP contribution < -0.4 is 10.6 Å². The molecule has 5 heteroatoms. The summed E-state index contributed by atoms with van der Waals surface area (Å²) in [4.78, 5) is 23.5. The van der Waals surface area contributed by atoms with Crippen LogP contribution in [0.3, 0.4) is 0 Å². The molecule has 0 saturated heterocycles. The van der Waals surface area contributed by atoms with Crippen molar-refractivity contribution >= 4 is 22.6 Å². The van der Waals surface area contributed by atoms with Crippen LogP contribution in [0.1, 0.15) is 38.9 Å². The predicted octanol–water partition coefficient (Wildman–Crippen LogP) is 2.54. The van der Waals surface area contributed by atoms with E-state index < -0.39 is 6.10 Å². The molecule has 2 aromatic rings. The summed E-state index contributed by atoms with van der Waals surface area (Å²) in [6.45, 7) is 5.91. The molecule has 0 fully saturated rings. The lowest BCUT2D eigenvalue weighted by Crippen LogP contribution is -2.39. The highest BCUT2D eigenvalue weighted by molar-refractivity contribution is 5.85. The molecule has 0 unspecified atom stereocenters. The minimum absolute atomic E-state index is 0.0840. The van der Waals surface area contributed by atoms with Gasteiger partial charge in [-0.25, -0.2) is 0 Å². The molecule has 0 bridgehead atoms. The molecule has 0 aliphatic heterocycles. The summed E-state index contributed by atoms with van der Waals surface area (Å²) in [5.41, 5.74) is 0.628. The maximum absolute atomic E-state index is 11.8. The van der Waals surface area contributed by atoms with Crippen LogP contribution in [0.25, 0.3) is 10.8 Å². The Balaban J connectivity index is 1.81. The third-order valence-electron chi connectivity index (χ3n) is 3.79. The number of aliphatic hydroxyl groups is 1. The molecule has 0 radical (unpaired) electrons. The molecule has 2 rings (SSSR count). The number of carbonyl (C=O) groups is 2. The molecule has 0 saturated carbocycles. The lowest BCUT2D eigenvalue weighted by atomic mass is 9.92. The number of nitrogens with one attached hydrogen (secondary N) is 2. The summed E-state index contributed by atoms with van der Waals surface area (Å²) in [7, 11) is 0. The van der Waals surface area contributed by atoms with Crippen molar-refractivity contribution in [2.75, 3.05) is 13.1 Å². The van der Waals surface area contributed by atoms with Crippen LogP contribution >= 0.6 is 0 Å². The predicted molar refractivity (Wildman–Crippen MR) is 99.0 cm³/mol. The van der Waals surface area contributed by atoms with Crippen LogP contribution in [-0.2, 0) is 9.59 Å². The van der Waals surface area contributed by atoms with E-state index in [2.05, 4.69) is 10.6 Å². The Morgan fingerprint density at radius 2 is 1.68 bits per heavy atom. The van der Waals surface area contributed by atoms with Crippen molar-refractivity contribution in [3.8, 4) is 0 Å². The third-order valence-corrected chi connectivity index (χ3v) is 3.79. The zero-order chi connectivity index (χ0) is 18.4. The summed E-state index contributed by atoms with van der Waals surface area (Å²) in [5.74, 6) is -0.472. The second-order valence-corrected chi connectivity index (χ2v) is 7.44. The maximum atomic E-state index is 11.8. The smallest absolute Gasteiger partial charge is 0.239 e. The Labute approximate surface area is 148 Å². The molecule has 0 heterocycles.